The Hall–Kier alpha value is -3.39. The molecule has 0 unspecified atom stereocenters. The smallest absolute Gasteiger partial charge is 0.329 e. The van der Waals surface area contributed by atoms with Crippen molar-refractivity contribution in [3.8, 4) is 5.75 Å². The highest BCUT2D eigenvalue weighted by Crippen LogP contribution is 2.20. The average Bonchev–Trinajstić information content (AvgIpc) is 2.75. The molecule has 0 aromatic heterocycles. The monoisotopic (exact) mass is 444 g/mol. The number of halogens is 1. The lowest BCUT2D eigenvalue weighted by atomic mass is 10.2. The first-order valence-electron chi connectivity index (χ1n) is 9.79. The summed E-state index contributed by atoms with van der Waals surface area (Å²) in [7, 11) is 0. The standard InChI is InChI=1S/C22H25ClN4O4/c1-3-4-11-24-21(29)22(30)27-25-13-16-7-5-6-8-19(16)31-14-20(28)26-17-10-9-15(2)18(23)12-17/h5-10,12-13H,3-4,11,14H2,1-2H3,(H,24,29)(H,26,28)(H,27,30)/b25-13-. The number of carbonyl (C=O) groups excluding carboxylic acids is 3. The highest BCUT2D eigenvalue weighted by Gasteiger charge is 2.11. The minimum absolute atomic E-state index is 0.234. The van der Waals surface area contributed by atoms with Crippen molar-refractivity contribution in [3.63, 3.8) is 0 Å². The normalized spacial score (nSPS) is 10.5. The summed E-state index contributed by atoms with van der Waals surface area (Å²) in [6.07, 6.45) is 3.04. The second kappa shape index (κ2) is 12.3. The summed E-state index contributed by atoms with van der Waals surface area (Å²) in [5.41, 5.74) is 4.17. The van der Waals surface area contributed by atoms with Crippen LogP contribution in [-0.2, 0) is 14.4 Å². The SMILES string of the molecule is CCCCNC(=O)C(=O)N/N=C\c1ccccc1OCC(=O)Nc1ccc(C)c(Cl)c1. The van der Waals surface area contributed by atoms with Crippen molar-refractivity contribution in [1.82, 2.24) is 10.7 Å². The van der Waals surface area contributed by atoms with Gasteiger partial charge in [0, 0.05) is 22.8 Å². The summed E-state index contributed by atoms with van der Waals surface area (Å²) in [5, 5.41) is 9.55. The van der Waals surface area contributed by atoms with Gasteiger partial charge in [-0.25, -0.2) is 5.43 Å². The lowest BCUT2D eigenvalue weighted by Crippen LogP contribution is -2.38. The summed E-state index contributed by atoms with van der Waals surface area (Å²) in [6.45, 7) is 4.05. The van der Waals surface area contributed by atoms with E-state index in [1.165, 1.54) is 6.21 Å². The number of carbonyl (C=O) groups is 3. The second-order valence-corrected chi connectivity index (χ2v) is 7.05. The van der Waals surface area contributed by atoms with Gasteiger partial charge in [0.05, 0.1) is 6.21 Å². The van der Waals surface area contributed by atoms with Gasteiger partial charge in [-0.15, -0.1) is 0 Å². The fourth-order valence-corrected chi connectivity index (χ4v) is 2.58. The van der Waals surface area contributed by atoms with E-state index in [2.05, 4.69) is 21.2 Å². The van der Waals surface area contributed by atoms with Crippen molar-refractivity contribution in [2.75, 3.05) is 18.5 Å². The van der Waals surface area contributed by atoms with Crippen LogP contribution in [0.1, 0.15) is 30.9 Å². The van der Waals surface area contributed by atoms with E-state index in [-0.39, 0.29) is 12.5 Å². The fraction of sp³-hybridized carbons (Fsp3) is 0.273. The molecule has 3 amide bonds. The number of ether oxygens (including phenoxy) is 1. The number of nitrogens with zero attached hydrogens (tertiary/aromatic N) is 1. The molecule has 0 aliphatic carbocycles. The van der Waals surface area contributed by atoms with Crippen molar-refractivity contribution in [3.05, 3.63) is 58.6 Å². The van der Waals surface area contributed by atoms with E-state index >= 15 is 0 Å². The lowest BCUT2D eigenvalue weighted by molar-refractivity contribution is -0.139. The van der Waals surface area contributed by atoms with E-state index in [4.69, 9.17) is 16.3 Å². The number of nitrogens with one attached hydrogen (secondary N) is 3. The van der Waals surface area contributed by atoms with Gasteiger partial charge in [-0.3, -0.25) is 14.4 Å². The van der Waals surface area contributed by atoms with Crippen molar-refractivity contribution < 1.29 is 19.1 Å². The van der Waals surface area contributed by atoms with Gasteiger partial charge >= 0.3 is 11.8 Å². The van der Waals surface area contributed by atoms with Gasteiger partial charge in [0.15, 0.2) is 6.61 Å². The number of amides is 3. The minimum Gasteiger partial charge on any atom is -0.483 e. The largest absolute Gasteiger partial charge is 0.483 e. The Labute approximate surface area is 186 Å². The number of hydrogen-bond acceptors (Lipinski definition) is 5. The third kappa shape index (κ3) is 8.10. The van der Waals surface area contributed by atoms with Crippen molar-refractivity contribution >= 4 is 41.2 Å². The molecule has 2 aromatic rings. The lowest BCUT2D eigenvalue weighted by Gasteiger charge is -2.10. The summed E-state index contributed by atoms with van der Waals surface area (Å²) < 4.78 is 5.57. The maximum absolute atomic E-state index is 12.2. The number of hydrogen-bond donors (Lipinski definition) is 3. The van der Waals surface area contributed by atoms with E-state index in [1.807, 2.05) is 19.9 Å². The molecule has 2 aromatic carbocycles. The molecule has 0 heterocycles. The first-order chi connectivity index (χ1) is 14.9. The Morgan fingerprint density at radius 3 is 2.65 bits per heavy atom. The third-order valence-corrected chi connectivity index (χ3v) is 4.53. The Bertz CT molecular complexity index is 962. The van der Waals surface area contributed by atoms with Crippen LogP contribution in [0.25, 0.3) is 0 Å². The van der Waals surface area contributed by atoms with Crippen LogP contribution >= 0.6 is 11.6 Å². The van der Waals surface area contributed by atoms with Gasteiger partial charge in [-0.1, -0.05) is 43.1 Å². The van der Waals surface area contributed by atoms with Gasteiger partial charge < -0.3 is 15.4 Å². The molecule has 164 valence electrons. The zero-order valence-corrected chi connectivity index (χ0v) is 18.2. The maximum Gasteiger partial charge on any atom is 0.329 e. The Morgan fingerprint density at radius 2 is 1.90 bits per heavy atom. The molecule has 3 N–H and O–H groups in total. The third-order valence-electron chi connectivity index (χ3n) is 4.13. The molecule has 0 aliphatic rings. The Morgan fingerprint density at radius 1 is 1.13 bits per heavy atom. The Balaban J connectivity index is 1.88. The quantitative estimate of drug-likeness (QED) is 0.239. The van der Waals surface area contributed by atoms with Crippen molar-refractivity contribution in [2.24, 2.45) is 5.10 Å². The van der Waals surface area contributed by atoms with Gasteiger partial charge in [0.1, 0.15) is 5.75 Å². The minimum atomic E-state index is -0.859. The van der Waals surface area contributed by atoms with Crippen LogP contribution in [0.2, 0.25) is 5.02 Å². The molecule has 0 radical (unpaired) electrons. The van der Waals surface area contributed by atoms with E-state index < -0.39 is 11.8 Å². The molecule has 31 heavy (non-hydrogen) atoms. The average molecular weight is 445 g/mol. The van der Waals surface area contributed by atoms with Crippen LogP contribution in [-0.4, -0.2) is 37.1 Å². The summed E-state index contributed by atoms with van der Waals surface area (Å²) in [6, 6.07) is 12.1. The fourth-order valence-electron chi connectivity index (χ4n) is 2.40. The molecule has 8 nitrogen and oxygen atoms in total. The maximum atomic E-state index is 12.2. The second-order valence-electron chi connectivity index (χ2n) is 6.65. The van der Waals surface area contributed by atoms with Crippen LogP contribution in [0.5, 0.6) is 5.75 Å². The number of benzene rings is 2. The number of para-hydroxylation sites is 1. The van der Waals surface area contributed by atoms with Crippen LogP contribution in [0.15, 0.2) is 47.6 Å². The number of aryl methyl sites for hydroxylation is 1. The molecule has 9 heteroatoms. The predicted octanol–water partition coefficient (Wildman–Crippen LogP) is 3.03. The summed E-state index contributed by atoms with van der Waals surface area (Å²) >= 11 is 6.06. The highest BCUT2D eigenvalue weighted by atomic mass is 35.5. The first-order valence-corrected chi connectivity index (χ1v) is 10.2. The number of unbranched alkanes of at least 4 members (excludes halogenated alkanes) is 1. The van der Waals surface area contributed by atoms with E-state index in [0.717, 1.165) is 18.4 Å². The van der Waals surface area contributed by atoms with Crippen LogP contribution < -0.4 is 20.8 Å². The molecular weight excluding hydrogens is 420 g/mol. The van der Waals surface area contributed by atoms with Crippen LogP contribution in [0, 0.1) is 6.92 Å². The topological polar surface area (TPSA) is 109 Å². The van der Waals surface area contributed by atoms with Crippen LogP contribution in [0.4, 0.5) is 5.69 Å². The molecule has 0 aliphatic heterocycles. The number of anilines is 1. The van der Waals surface area contributed by atoms with E-state index in [0.29, 0.717) is 28.6 Å². The highest BCUT2D eigenvalue weighted by molar-refractivity contribution is 6.35. The molecule has 0 atom stereocenters. The Kier molecular flexibility index (Phi) is 9.51. The van der Waals surface area contributed by atoms with Crippen LogP contribution in [0.3, 0.4) is 0 Å². The predicted molar refractivity (Wildman–Crippen MR) is 120 cm³/mol. The first kappa shape index (κ1) is 23.9. The molecule has 0 fully saturated rings. The van der Waals surface area contributed by atoms with Gasteiger partial charge in [-0.2, -0.15) is 5.10 Å². The molecule has 0 saturated carbocycles. The number of rotatable bonds is 9. The van der Waals surface area contributed by atoms with Crippen molar-refractivity contribution in [2.45, 2.75) is 26.7 Å². The van der Waals surface area contributed by atoms with Gasteiger partial charge in [0.2, 0.25) is 0 Å². The molecule has 0 saturated heterocycles. The molecular formula is C22H25ClN4O4. The number of hydrazone groups is 1. The molecule has 0 spiro atoms. The zero-order chi connectivity index (χ0) is 22.6. The zero-order valence-electron chi connectivity index (χ0n) is 17.4. The molecule has 2 rings (SSSR count). The van der Waals surface area contributed by atoms with Crippen molar-refractivity contribution in [1.29, 1.82) is 0 Å². The van der Waals surface area contributed by atoms with Gasteiger partial charge in [-0.05, 0) is 43.2 Å². The van der Waals surface area contributed by atoms with E-state index in [1.54, 1.807) is 36.4 Å². The van der Waals surface area contributed by atoms with E-state index in [9.17, 15) is 14.4 Å². The summed E-state index contributed by atoms with van der Waals surface area (Å²) in [5.74, 6) is -1.57. The summed E-state index contributed by atoms with van der Waals surface area (Å²) in [4.78, 5) is 35.5. The molecule has 0 bridgehead atoms. The van der Waals surface area contributed by atoms with Gasteiger partial charge in [0.25, 0.3) is 5.91 Å².